The number of hydrogen-bond acceptors (Lipinski definition) is 3. The van der Waals surface area contributed by atoms with Gasteiger partial charge in [0.25, 0.3) is 5.91 Å². The first kappa shape index (κ1) is 17.5. The van der Waals surface area contributed by atoms with Gasteiger partial charge in [0.1, 0.15) is 12.4 Å². The fraction of sp³-hybridized carbons (Fsp3) is 0.429. The van der Waals surface area contributed by atoms with E-state index in [1.165, 1.54) is 12.8 Å². The number of ether oxygens (including phenoxy) is 1. The second-order valence-electron chi connectivity index (χ2n) is 7.00. The summed E-state index contributed by atoms with van der Waals surface area (Å²) in [7, 11) is 1.93. The topological polar surface area (TPSA) is 42.4 Å². The van der Waals surface area contributed by atoms with E-state index < -0.39 is 0 Å². The average Bonchev–Trinajstić information content (AvgIpc) is 2.67. The predicted molar refractivity (Wildman–Crippen MR) is 98.5 cm³/mol. The molecule has 0 atom stereocenters. The number of carbonyl (C=O) groups is 1. The lowest BCUT2D eigenvalue weighted by atomic mass is 9.86. The van der Waals surface area contributed by atoms with Gasteiger partial charge in [0.05, 0.1) is 0 Å². The molecule has 1 aromatic carbocycles. The molecule has 4 heteroatoms. The Balaban J connectivity index is 1.56. The van der Waals surface area contributed by atoms with Gasteiger partial charge >= 0.3 is 0 Å². The molecule has 1 aliphatic carbocycles. The van der Waals surface area contributed by atoms with Gasteiger partial charge in [0.2, 0.25) is 0 Å². The second kappa shape index (κ2) is 8.15. The van der Waals surface area contributed by atoms with Crippen LogP contribution in [0.3, 0.4) is 0 Å². The van der Waals surface area contributed by atoms with E-state index >= 15 is 0 Å². The Morgan fingerprint density at radius 2 is 1.88 bits per heavy atom. The molecule has 1 aromatic heterocycles. The fourth-order valence-corrected chi connectivity index (χ4v) is 3.34. The molecule has 1 amide bonds. The smallest absolute Gasteiger partial charge is 0.253 e. The van der Waals surface area contributed by atoms with Crippen LogP contribution in [-0.4, -0.2) is 28.9 Å². The lowest BCUT2D eigenvalue weighted by molar-refractivity contribution is 0.0679. The maximum Gasteiger partial charge on any atom is 0.253 e. The molecule has 1 fully saturated rings. The molecule has 0 aliphatic heterocycles. The maximum atomic E-state index is 12.7. The standard InChI is InChI=1S/C21H26N2O2/c1-16-5-9-19(10-6-16)23(2)21(24)18-7-11-20(12-8-18)25-15-17-4-3-13-22-14-17/h3-4,7-8,11-14,16,19H,5-6,9-10,15H2,1-2H3. The van der Waals surface area contributed by atoms with E-state index in [1.807, 2.05) is 48.3 Å². The average molecular weight is 338 g/mol. The number of amides is 1. The Kier molecular flexibility index (Phi) is 5.69. The molecular weight excluding hydrogens is 312 g/mol. The monoisotopic (exact) mass is 338 g/mol. The van der Waals surface area contributed by atoms with Gasteiger partial charge < -0.3 is 9.64 Å². The number of rotatable bonds is 5. The molecule has 0 spiro atoms. The summed E-state index contributed by atoms with van der Waals surface area (Å²) in [5.74, 6) is 1.64. The van der Waals surface area contributed by atoms with Crippen LogP contribution in [0.5, 0.6) is 5.75 Å². The van der Waals surface area contributed by atoms with Gasteiger partial charge in [0, 0.05) is 36.6 Å². The van der Waals surface area contributed by atoms with E-state index in [1.54, 1.807) is 12.4 Å². The second-order valence-corrected chi connectivity index (χ2v) is 7.00. The Labute approximate surface area is 149 Å². The summed E-state index contributed by atoms with van der Waals surface area (Å²) in [6.45, 7) is 2.77. The van der Waals surface area contributed by atoms with Gasteiger partial charge in [-0.3, -0.25) is 9.78 Å². The van der Waals surface area contributed by atoms with Crippen LogP contribution in [-0.2, 0) is 6.61 Å². The van der Waals surface area contributed by atoms with E-state index in [4.69, 9.17) is 4.74 Å². The Morgan fingerprint density at radius 1 is 1.16 bits per heavy atom. The van der Waals surface area contributed by atoms with Crippen LogP contribution in [0.1, 0.15) is 48.5 Å². The van der Waals surface area contributed by atoms with Crippen molar-refractivity contribution in [2.24, 2.45) is 5.92 Å². The van der Waals surface area contributed by atoms with E-state index in [2.05, 4.69) is 11.9 Å². The molecule has 132 valence electrons. The van der Waals surface area contributed by atoms with E-state index in [9.17, 15) is 4.79 Å². The summed E-state index contributed by atoms with van der Waals surface area (Å²) in [5.41, 5.74) is 1.74. The van der Waals surface area contributed by atoms with Crippen LogP contribution in [0, 0.1) is 5.92 Å². The zero-order chi connectivity index (χ0) is 17.6. The molecule has 4 nitrogen and oxygen atoms in total. The van der Waals surface area contributed by atoms with Crippen molar-refractivity contribution < 1.29 is 9.53 Å². The number of carbonyl (C=O) groups excluding carboxylic acids is 1. The van der Waals surface area contributed by atoms with Crippen LogP contribution < -0.4 is 4.74 Å². The molecule has 1 aliphatic rings. The lowest BCUT2D eigenvalue weighted by Crippen LogP contribution is -2.39. The number of benzene rings is 1. The molecule has 0 unspecified atom stereocenters. The molecule has 1 heterocycles. The molecule has 2 aromatic rings. The maximum absolute atomic E-state index is 12.7. The van der Waals surface area contributed by atoms with Crippen molar-refractivity contribution in [3.05, 3.63) is 59.9 Å². The third kappa shape index (κ3) is 4.59. The van der Waals surface area contributed by atoms with E-state index in [0.29, 0.717) is 12.6 Å². The minimum absolute atomic E-state index is 0.0957. The molecule has 0 saturated heterocycles. The number of hydrogen-bond donors (Lipinski definition) is 0. The van der Waals surface area contributed by atoms with Crippen molar-refractivity contribution in [1.82, 2.24) is 9.88 Å². The minimum Gasteiger partial charge on any atom is -0.489 e. The first-order valence-corrected chi connectivity index (χ1v) is 9.02. The van der Waals surface area contributed by atoms with Crippen molar-refractivity contribution in [3.8, 4) is 5.75 Å². The van der Waals surface area contributed by atoms with Crippen LogP contribution in [0.4, 0.5) is 0 Å². The van der Waals surface area contributed by atoms with Crippen molar-refractivity contribution in [1.29, 1.82) is 0 Å². The SMILES string of the molecule is CC1CCC(N(C)C(=O)c2ccc(OCc3cccnc3)cc2)CC1. The van der Waals surface area contributed by atoms with Crippen molar-refractivity contribution in [3.63, 3.8) is 0 Å². The Bertz CT molecular complexity index is 677. The van der Waals surface area contributed by atoms with Crippen LogP contribution >= 0.6 is 0 Å². The number of aromatic nitrogens is 1. The third-order valence-corrected chi connectivity index (χ3v) is 5.08. The van der Waals surface area contributed by atoms with Crippen LogP contribution in [0.25, 0.3) is 0 Å². The van der Waals surface area contributed by atoms with Gasteiger partial charge in [-0.1, -0.05) is 13.0 Å². The molecular formula is C21H26N2O2. The zero-order valence-electron chi connectivity index (χ0n) is 15.0. The molecule has 3 rings (SSSR count). The van der Waals surface area contributed by atoms with Crippen LogP contribution in [0.15, 0.2) is 48.8 Å². The Hall–Kier alpha value is -2.36. The number of nitrogens with zero attached hydrogens (tertiary/aromatic N) is 2. The summed E-state index contributed by atoms with van der Waals surface area (Å²) in [4.78, 5) is 18.7. The number of pyridine rings is 1. The summed E-state index contributed by atoms with van der Waals surface area (Å²) in [6, 6.07) is 11.7. The minimum atomic E-state index is 0.0957. The van der Waals surface area contributed by atoms with Gasteiger partial charge in [-0.25, -0.2) is 0 Å². The van der Waals surface area contributed by atoms with Crippen molar-refractivity contribution in [2.45, 2.75) is 45.3 Å². The lowest BCUT2D eigenvalue weighted by Gasteiger charge is -2.33. The Morgan fingerprint density at radius 3 is 2.52 bits per heavy atom. The highest BCUT2D eigenvalue weighted by molar-refractivity contribution is 5.94. The summed E-state index contributed by atoms with van der Waals surface area (Å²) < 4.78 is 5.75. The summed E-state index contributed by atoms with van der Waals surface area (Å²) in [5, 5.41) is 0. The molecule has 0 bridgehead atoms. The van der Waals surface area contributed by atoms with Crippen LogP contribution in [0.2, 0.25) is 0 Å². The van der Waals surface area contributed by atoms with Gasteiger partial charge in [0.15, 0.2) is 0 Å². The fourth-order valence-electron chi connectivity index (χ4n) is 3.34. The van der Waals surface area contributed by atoms with Crippen molar-refractivity contribution in [2.75, 3.05) is 7.05 Å². The summed E-state index contributed by atoms with van der Waals surface area (Å²) in [6.07, 6.45) is 8.17. The zero-order valence-corrected chi connectivity index (χ0v) is 15.0. The highest BCUT2D eigenvalue weighted by Gasteiger charge is 2.25. The first-order valence-electron chi connectivity index (χ1n) is 9.02. The summed E-state index contributed by atoms with van der Waals surface area (Å²) >= 11 is 0. The molecule has 25 heavy (non-hydrogen) atoms. The van der Waals surface area contributed by atoms with Gasteiger partial charge in [-0.15, -0.1) is 0 Å². The molecule has 0 N–H and O–H groups in total. The first-order chi connectivity index (χ1) is 12.1. The molecule has 0 radical (unpaired) electrons. The van der Waals surface area contributed by atoms with E-state index in [-0.39, 0.29) is 5.91 Å². The van der Waals surface area contributed by atoms with Crippen molar-refractivity contribution >= 4 is 5.91 Å². The predicted octanol–water partition coefficient (Wildman–Crippen LogP) is 4.31. The normalized spacial score (nSPS) is 20.1. The third-order valence-electron chi connectivity index (χ3n) is 5.08. The highest BCUT2D eigenvalue weighted by atomic mass is 16.5. The van der Waals surface area contributed by atoms with Gasteiger partial charge in [-0.05, 0) is 61.9 Å². The highest BCUT2D eigenvalue weighted by Crippen LogP contribution is 2.27. The van der Waals surface area contributed by atoms with Gasteiger partial charge in [-0.2, -0.15) is 0 Å². The molecule has 1 saturated carbocycles. The quantitative estimate of drug-likeness (QED) is 0.816. The van der Waals surface area contributed by atoms with E-state index in [0.717, 1.165) is 35.6 Å². The largest absolute Gasteiger partial charge is 0.489 e.